The predicted molar refractivity (Wildman–Crippen MR) is 50.1 cm³/mol. The number of allylic oxidation sites excluding steroid dienone is 2. The van der Waals surface area contributed by atoms with Crippen LogP contribution < -0.4 is 0 Å². The van der Waals surface area contributed by atoms with Gasteiger partial charge in [0.15, 0.2) is 0 Å². The number of pyridine rings is 1. The second kappa shape index (κ2) is 3.40. The van der Waals surface area contributed by atoms with E-state index < -0.39 is 0 Å². The topological polar surface area (TPSA) is 36.7 Å². The average molecular weight is 170 g/mol. The lowest BCUT2D eigenvalue weighted by molar-refractivity contribution is 0.773. The third-order valence-electron chi connectivity index (χ3n) is 2.31. The van der Waals surface area contributed by atoms with Crippen molar-refractivity contribution in [1.29, 1.82) is 5.26 Å². The molecule has 0 saturated heterocycles. The predicted octanol–water partition coefficient (Wildman–Crippen LogP) is 2.39. The van der Waals surface area contributed by atoms with E-state index in [-0.39, 0.29) is 0 Å². The lowest BCUT2D eigenvalue weighted by Crippen LogP contribution is -1.94. The lowest BCUT2D eigenvalue weighted by Gasteiger charge is -2.05. The SMILES string of the molecule is N#Cc1ccc(C2C=CCC2)nc1. The first-order chi connectivity index (χ1) is 6.40. The second-order valence-corrected chi connectivity index (χ2v) is 3.20. The Morgan fingerprint density at radius 2 is 2.38 bits per heavy atom. The molecule has 0 radical (unpaired) electrons. The van der Waals surface area contributed by atoms with Gasteiger partial charge in [-0.1, -0.05) is 12.2 Å². The summed E-state index contributed by atoms with van der Waals surface area (Å²) in [6.07, 6.45) is 8.31. The number of nitriles is 1. The van der Waals surface area contributed by atoms with Crippen LogP contribution >= 0.6 is 0 Å². The first-order valence-electron chi connectivity index (χ1n) is 4.43. The van der Waals surface area contributed by atoms with Gasteiger partial charge < -0.3 is 0 Å². The van der Waals surface area contributed by atoms with Crippen LogP contribution in [0.4, 0.5) is 0 Å². The van der Waals surface area contributed by atoms with Gasteiger partial charge in [-0.25, -0.2) is 0 Å². The minimum Gasteiger partial charge on any atom is -0.259 e. The van der Waals surface area contributed by atoms with Gasteiger partial charge in [0, 0.05) is 17.8 Å². The molecule has 0 saturated carbocycles. The summed E-state index contributed by atoms with van der Waals surface area (Å²) in [5, 5.41) is 8.59. The molecular weight excluding hydrogens is 160 g/mol. The molecule has 0 fully saturated rings. The molecule has 2 rings (SSSR count). The van der Waals surface area contributed by atoms with Gasteiger partial charge in [0.2, 0.25) is 0 Å². The molecule has 2 nitrogen and oxygen atoms in total. The van der Waals surface area contributed by atoms with Crippen LogP contribution in [-0.2, 0) is 0 Å². The highest BCUT2D eigenvalue weighted by atomic mass is 14.7. The first-order valence-corrected chi connectivity index (χ1v) is 4.43. The van der Waals surface area contributed by atoms with Crippen molar-refractivity contribution in [2.45, 2.75) is 18.8 Å². The van der Waals surface area contributed by atoms with E-state index >= 15 is 0 Å². The maximum absolute atomic E-state index is 8.59. The molecule has 1 aromatic rings. The third kappa shape index (κ3) is 1.59. The summed E-state index contributed by atoms with van der Waals surface area (Å²) in [4.78, 5) is 4.26. The molecule has 1 aliphatic carbocycles. The zero-order valence-electron chi connectivity index (χ0n) is 7.27. The molecule has 0 amide bonds. The molecule has 1 heterocycles. The molecule has 0 spiro atoms. The van der Waals surface area contributed by atoms with Crippen LogP contribution in [0.1, 0.15) is 30.0 Å². The third-order valence-corrected chi connectivity index (χ3v) is 2.31. The normalized spacial score (nSPS) is 20.1. The van der Waals surface area contributed by atoms with E-state index in [1.165, 1.54) is 0 Å². The van der Waals surface area contributed by atoms with Crippen LogP contribution in [0.25, 0.3) is 0 Å². The van der Waals surface area contributed by atoms with Gasteiger partial charge in [0.1, 0.15) is 6.07 Å². The molecule has 64 valence electrons. The molecule has 2 heteroatoms. The second-order valence-electron chi connectivity index (χ2n) is 3.20. The Kier molecular flexibility index (Phi) is 2.09. The molecule has 13 heavy (non-hydrogen) atoms. The summed E-state index contributed by atoms with van der Waals surface area (Å²) in [6, 6.07) is 5.84. The number of nitrogens with zero attached hydrogens (tertiary/aromatic N) is 2. The molecule has 1 atom stereocenters. The van der Waals surface area contributed by atoms with Crippen LogP contribution in [0.5, 0.6) is 0 Å². The van der Waals surface area contributed by atoms with Gasteiger partial charge in [-0.3, -0.25) is 4.98 Å². The van der Waals surface area contributed by atoms with Crippen LogP contribution in [-0.4, -0.2) is 4.98 Å². The highest BCUT2D eigenvalue weighted by Gasteiger charge is 2.12. The Morgan fingerprint density at radius 3 is 2.92 bits per heavy atom. The Bertz CT molecular complexity index is 357. The van der Waals surface area contributed by atoms with Crippen LogP contribution in [0.2, 0.25) is 0 Å². The van der Waals surface area contributed by atoms with Crippen molar-refractivity contribution in [3.63, 3.8) is 0 Å². The van der Waals surface area contributed by atoms with E-state index in [0.717, 1.165) is 18.5 Å². The summed E-state index contributed by atoms with van der Waals surface area (Å²) in [7, 11) is 0. The molecule has 0 aliphatic heterocycles. The van der Waals surface area contributed by atoms with Crippen molar-refractivity contribution in [3.8, 4) is 6.07 Å². The number of rotatable bonds is 1. The van der Waals surface area contributed by atoms with Crippen molar-refractivity contribution in [3.05, 3.63) is 41.7 Å². The van der Waals surface area contributed by atoms with Crippen molar-refractivity contribution in [2.75, 3.05) is 0 Å². The average Bonchev–Trinajstić information content (AvgIpc) is 2.71. The van der Waals surface area contributed by atoms with E-state index in [9.17, 15) is 0 Å². The molecule has 1 unspecified atom stereocenters. The van der Waals surface area contributed by atoms with E-state index in [1.807, 2.05) is 12.1 Å². The summed E-state index contributed by atoms with van der Waals surface area (Å²) < 4.78 is 0. The van der Waals surface area contributed by atoms with Crippen molar-refractivity contribution in [2.24, 2.45) is 0 Å². The number of aromatic nitrogens is 1. The molecule has 0 bridgehead atoms. The Balaban J connectivity index is 2.23. The van der Waals surface area contributed by atoms with Crippen LogP contribution in [0.3, 0.4) is 0 Å². The summed E-state index contributed by atoms with van der Waals surface area (Å²) in [5.41, 5.74) is 1.71. The van der Waals surface area contributed by atoms with Gasteiger partial charge in [0.25, 0.3) is 0 Å². The number of hydrogen-bond donors (Lipinski definition) is 0. The van der Waals surface area contributed by atoms with Gasteiger partial charge in [-0.15, -0.1) is 0 Å². The zero-order valence-corrected chi connectivity index (χ0v) is 7.27. The highest BCUT2D eigenvalue weighted by molar-refractivity contribution is 5.29. The molecule has 1 aromatic heterocycles. The van der Waals surface area contributed by atoms with Crippen LogP contribution in [0.15, 0.2) is 30.5 Å². The fourth-order valence-electron chi connectivity index (χ4n) is 1.57. The monoisotopic (exact) mass is 170 g/mol. The summed E-state index contributed by atoms with van der Waals surface area (Å²) in [6.45, 7) is 0. The minimum absolute atomic E-state index is 0.466. The summed E-state index contributed by atoms with van der Waals surface area (Å²) in [5.74, 6) is 0.466. The highest BCUT2D eigenvalue weighted by Crippen LogP contribution is 2.26. The maximum Gasteiger partial charge on any atom is 0.101 e. The van der Waals surface area contributed by atoms with Gasteiger partial charge in [-0.05, 0) is 25.0 Å². The molecule has 0 aromatic carbocycles. The molecule has 0 N–H and O–H groups in total. The van der Waals surface area contributed by atoms with Crippen molar-refractivity contribution < 1.29 is 0 Å². The first kappa shape index (κ1) is 8.00. The lowest BCUT2D eigenvalue weighted by atomic mass is 10.0. The standard InChI is InChI=1S/C11H10N2/c12-7-9-5-6-11(13-8-9)10-3-1-2-4-10/h1,3,5-6,8,10H,2,4H2. The van der Waals surface area contributed by atoms with E-state index in [1.54, 1.807) is 6.20 Å². The van der Waals surface area contributed by atoms with E-state index in [2.05, 4.69) is 23.2 Å². The quantitative estimate of drug-likeness (QED) is 0.607. The maximum atomic E-state index is 8.59. The van der Waals surface area contributed by atoms with E-state index in [4.69, 9.17) is 5.26 Å². The Morgan fingerprint density at radius 1 is 1.46 bits per heavy atom. The largest absolute Gasteiger partial charge is 0.259 e. The van der Waals surface area contributed by atoms with Gasteiger partial charge in [0.05, 0.1) is 5.56 Å². The summed E-state index contributed by atoms with van der Waals surface area (Å²) >= 11 is 0. The zero-order chi connectivity index (χ0) is 9.10. The fourth-order valence-corrected chi connectivity index (χ4v) is 1.57. The van der Waals surface area contributed by atoms with Gasteiger partial charge in [-0.2, -0.15) is 5.26 Å². The number of hydrogen-bond acceptors (Lipinski definition) is 2. The smallest absolute Gasteiger partial charge is 0.101 e. The Hall–Kier alpha value is -1.62. The van der Waals surface area contributed by atoms with Gasteiger partial charge >= 0.3 is 0 Å². The van der Waals surface area contributed by atoms with Crippen LogP contribution in [0, 0.1) is 11.3 Å². The Labute approximate surface area is 77.5 Å². The van der Waals surface area contributed by atoms with Crippen molar-refractivity contribution in [1.82, 2.24) is 4.98 Å². The molecule has 1 aliphatic rings. The van der Waals surface area contributed by atoms with E-state index in [0.29, 0.717) is 11.5 Å². The van der Waals surface area contributed by atoms with Crippen molar-refractivity contribution >= 4 is 0 Å². The minimum atomic E-state index is 0.466. The molecular formula is C11H10N2. The fraction of sp³-hybridized carbons (Fsp3) is 0.273.